The van der Waals surface area contributed by atoms with Gasteiger partial charge in [-0.15, -0.1) is 0 Å². The Labute approximate surface area is 272 Å². The Morgan fingerprint density at radius 1 is 0.913 bits per heavy atom. The second kappa shape index (κ2) is 17.4. The van der Waals surface area contributed by atoms with Gasteiger partial charge < -0.3 is 30.3 Å². The summed E-state index contributed by atoms with van der Waals surface area (Å²) in [6, 6.07) is 24.9. The van der Waals surface area contributed by atoms with E-state index in [1.807, 2.05) is 92.8 Å². The molecule has 2 amide bonds. The van der Waals surface area contributed by atoms with Gasteiger partial charge in [-0.05, 0) is 55.6 Å². The molecule has 3 aromatic carbocycles. The Morgan fingerprint density at radius 2 is 1.59 bits per heavy atom. The SMILES string of the molecule is CC(=O)NCCCCCC(=O)Nc1ccc(C2OC(CN(C)C(C)C(O)c3ccccc3)C(C)C(c3ccc(CO)cc3)O2)cc1. The van der Waals surface area contributed by atoms with Crippen molar-refractivity contribution in [3.8, 4) is 0 Å². The quantitative estimate of drug-likeness (QED) is 0.160. The number of aliphatic hydroxyl groups is 2. The van der Waals surface area contributed by atoms with E-state index in [9.17, 15) is 19.8 Å². The molecule has 6 atom stereocenters. The third kappa shape index (κ3) is 9.95. The molecular formula is C37H49N3O6. The number of unbranched alkanes of at least 4 members (excludes halogenated alkanes) is 2. The van der Waals surface area contributed by atoms with Crippen molar-refractivity contribution in [2.24, 2.45) is 5.92 Å². The lowest BCUT2D eigenvalue weighted by Gasteiger charge is -2.43. The van der Waals surface area contributed by atoms with Gasteiger partial charge in [0.25, 0.3) is 0 Å². The van der Waals surface area contributed by atoms with Crippen LogP contribution in [0, 0.1) is 5.92 Å². The zero-order valence-corrected chi connectivity index (χ0v) is 27.4. The molecule has 0 saturated carbocycles. The number of carbonyl (C=O) groups excluding carboxylic acids is 2. The van der Waals surface area contributed by atoms with Crippen molar-refractivity contribution < 1.29 is 29.3 Å². The normalized spacial score (nSPS) is 21.0. The minimum atomic E-state index is -0.648. The average Bonchev–Trinajstić information content (AvgIpc) is 3.07. The summed E-state index contributed by atoms with van der Waals surface area (Å²) < 4.78 is 13.2. The molecule has 1 saturated heterocycles. The van der Waals surface area contributed by atoms with Gasteiger partial charge in [0, 0.05) is 49.6 Å². The topological polar surface area (TPSA) is 120 Å². The first-order chi connectivity index (χ1) is 22.2. The van der Waals surface area contributed by atoms with Gasteiger partial charge in [-0.25, -0.2) is 0 Å². The molecule has 0 bridgehead atoms. The minimum Gasteiger partial charge on any atom is -0.392 e. The Kier molecular flexibility index (Phi) is 13.3. The summed E-state index contributed by atoms with van der Waals surface area (Å²) in [6.45, 7) is 6.82. The molecular weight excluding hydrogens is 582 g/mol. The summed E-state index contributed by atoms with van der Waals surface area (Å²) >= 11 is 0. The number of amides is 2. The van der Waals surface area contributed by atoms with Crippen LogP contribution in [-0.4, -0.2) is 59.2 Å². The largest absolute Gasteiger partial charge is 0.392 e. The zero-order valence-electron chi connectivity index (χ0n) is 27.4. The van der Waals surface area contributed by atoms with Crippen molar-refractivity contribution in [2.45, 2.75) is 83.7 Å². The van der Waals surface area contributed by atoms with E-state index >= 15 is 0 Å². The van der Waals surface area contributed by atoms with Crippen molar-refractivity contribution in [3.63, 3.8) is 0 Å². The van der Waals surface area contributed by atoms with Crippen LogP contribution in [-0.2, 0) is 25.7 Å². The van der Waals surface area contributed by atoms with Gasteiger partial charge in [0.2, 0.25) is 11.8 Å². The second-order valence-electron chi connectivity index (χ2n) is 12.3. The fourth-order valence-corrected chi connectivity index (χ4v) is 5.75. The molecule has 0 aliphatic carbocycles. The van der Waals surface area contributed by atoms with Crippen LogP contribution >= 0.6 is 0 Å². The summed E-state index contributed by atoms with van der Waals surface area (Å²) in [5, 5.41) is 26.4. The molecule has 3 aromatic rings. The number of rotatable bonds is 15. The van der Waals surface area contributed by atoms with Crippen molar-refractivity contribution in [2.75, 3.05) is 25.5 Å². The van der Waals surface area contributed by atoms with E-state index < -0.39 is 12.4 Å². The van der Waals surface area contributed by atoms with Gasteiger partial charge in [0.05, 0.1) is 24.9 Å². The third-order valence-corrected chi connectivity index (χ3v) is 8.81. The Hall–Kier alpha value is -3.60. The monoisotopic (exact) mass is 631 g/mol. The molecule has 0 radical (unpaired) electrons. The molecule has 46 heavy (non-hydrogen) atoms. The lowest BCUT2D eigenvalue weighted by atomic mass is 9.89. The molecule has 0 aromatic heterocycles. The predicted octanol–water partition coefficient (Wildman–Crippen LogP) is 5.66. The molecule has 1 aliphatic rings. The number of nitrogens with one attached hydrogen (secondary N) is 2. The van der Waals surface area contributed by atoms with Gasteiger partial charge in [0.1, 0.15) is 0 Å². The Bertz CT molecular complexity index is 1370. The van der Waals surface area contributed by atoms with Crippen molar-refractivity contribution in [1.29, 1.82) is 0 Å². The van der Waals surface area contributed by atoms with Crippen molar-refractivity contribution in [1.82, 2.24) is 10.2 Å². The molecule has 1 fully saturated rings. The molecule has 4 N–H and O–H groups in total. The van der Waals surface area contributed by atoms with E-state index in [-0.39, 0.29) is 42.6 Å². The molecule has 6 unspecified atom stereocenters. The van der Waals surface area contributed by atoms with Crippen LogP contribution < -0.4 is 10.6 Å². The summed E-state index contributed by atoms with van der Waals surface area (Å²) in [5.41, 5.74) is 4.25. The first-order valence-corrected chi connectivity index (χ1v) is 16.2. The van der Waals surface area contributed by atoms with Gasteiger partial charge in [-0.2, -0.15) is 0 Å². The summed E-state index contributed by atoms with van der Waals surface area (Å²) in [5.74, 6) is -0.0906. The van der Waals surface area contributed by atoms with E-state index in [1.54, 1.807) is 0 Å². The smallest absolute Gasteiger partial charge is 0.224 e. The van der Waals surface area contributed by atoms with Gasteiger partial charge >= 0.3 is 0 Å². The molecule has 248 valence electrons. The highest BCUT2D eigenvalue weighted by molar-refractivity contribution is 5.90. The average molecular weight is 632 g/mol. The Morgan fingerprint density at radius 3 is 2.24 bits per heavy atom. The third-order valence-electron chi connectivity index (χ3n) is 8.81. The molecule has 0 spiro atoms. The van der Waals surface area contributed by atoms with Crippen LogP contribution in [0.15, 0.2) is 78.9 Å². The molecule has 9 heteroatoms. The number of aliphatic hydroxyl groups excluding tert-OH is 2. The summed E-state index contributed by atoms with van der Waals surface area (Å²) in [4.78, 5) is 25.6. The van der Waals surface area contributed by atoms with Crippen LogP contribution in [0.5, 0.6) is 0 Å². The van der Waals surface area contributed by atoms with Gasteiger partial charge in [0.15, 0.2) is 6.29 Å². The zero-order chi connectivity index (χ0) is 33.1. The first-order valence-electron chi connectivity index (χ1n) is 16.2. The van der Waals surface area contributed by atoms with Crippen LogP contribution in [0.2, 0.25) is 0 Å². The highest BCUT2D eigenvalue weighted by atomic mass is 16.7. The van der Waals surface area contributed by atoms with Crippen LogP contribution in [0.1, 0.15) is 87.2 Å². The predicted molar refractivity (Wildman–Crippen MR) is 179 cm³/mol. The number of benzene rings is 3. The van der Waals surface area contributed by atoms with Crippen molar-refractivity contribution in [3.05, 3.63) is 101 Å². The first kappa shape index (κ1) is 35.3. The highest BCUT2D eigenvalue weighted by Crippen LogP contribution is 2.42. The lowest BCUT2D eigenvalue weighted by Crippen LogP contribution is -2.46. The maximum Gasteiger partial charge on any atom is 0.224 e. The van der Waals surface area contributed by atoms with Crippen LogP contribution in [0.25, 0.3) is 0 Å². The number of likely N-dealkylation sites (N-methyl/N-ethyl adjacent to an activating group) is 1. The van der Waals surface area contributed by atoms with Gasteiger partial charge in [-0.3, -0.25) is 14.5 Å². The number of hydrogen-bond donors (Lipinski definition) is 4. The molecule has 1 heterocycles. The number of ether oxygens (including phenoxy) is 2. The van der Waals surface area contributed by atoms with Crippen molar-refractivity contribution >= 4 is 17.5 Å². The number of anilines is 1. The number of hydrogen-bond acceptors (Lipinski definition) is 7. The number of nitrogens with zero attached hydrogens (tertiary/aromatic N) is 1. The van der Waals surface area contributed by atoms with Crippen LogP contribution in [0.4, 0.5) is 5.69 Å². The van der Waals surface area contributed by atoms with E-state index in [1.165, 1.54) is 6.92 Å². The summed E-state index contributed by atoms with van der Waals surface area (Å²) in [7, 11) is 2.00. The van der Waals surface area contributed by atoms with E-state index in [0.29, 0.717) is 25.2 Å². The highest BCUT2D eigenvalue weighted by Gasteiger charge is 2.39. The summed E-state index contributed by atoms with van der Waals surface area (Å²) in [6.07, 6.45) is 1.13. The molecule has 9 nitrogen and oxygen atoms in total. The minimum absolute atomic E-state index is 0.00320. The fraction of sp³-hybridized carbons (Fsp3) is 0.459. The molecule has 1 aliphatic heterocycles. The van der Waals surface area contributed by atoms with Gasteiger partial charge in [-0.1, -0.05) is 80.1 Å². The van der Waals surface area contributed by atoms with E-state index in [4.69, 9.17) is 9.47 Å². The molecule has 4 rings (SSSR count). The maximum absolute atomic E-state index is 12.5. The van der Waals surface area contributed by atoms with E-state index in [0.717, 1.165) is 41.5 Å². The van der Waals surface area contributed by atoms with E-state index in [2.05, 4.69) is 22.5 Å². The maximum atomic E-state index is 12.5. The number of carbonyl (C=O) groups is 2. The second-order valence-corrected chi connectivity index (χ2v) is 12.3. The Balaban J connectivity index is 1.43. The van der Waals surface area contributed by atoms with Crippen LogP contribution in [0.3, 0.4) is 0 Å². The standard InChI is InChI=1S/C37H49N3O6/c1-25-33(23-40(4)26(2)35(44)29-11-7-5-8-12-29)45-37(46-36(25)30-16-14-28(24-41)15-17-30)31-18-20-32(21-19-31)39-34(43)13-9-6-10-22-38-27(3)42/h5,7-8,11-12,14-21,25-26,33,35-37,41,44H,6,9-10,13,22-24H2,1-4H3,(H,38,42)(H,39,43). The fourth-order valence-electron chi connectivity index (χ4n) is 5.75. The lowest BCUT2D eigenvalue weighted by molar-refractivity contribution is -0.276.